The second kappa shape index (κ2) is 8.37. The van der Waals surface area contributed by atoms with Gasteiger partial charge in [0.25, 0.3) is 5.91 Å². The number of nitrogens with one attached hydrogen (secondary N) is 1. The molecule has 6 heteroatoms. The van der Waals surface area contributed by atoms with Gasteiger partial charge in [0.2, 0.25) is 0 Å². The maximum absolute atomic E-state index is 12.9. The minimum absolute atomic E-state index is 0.00750. The zero-order valence-corrected chi connectivity index (χ0v) is 15.7. The van der Waals surface area contributed by atoms with Gasteiger partial charge in [0.05, 0.1) is 6.04 Å². The highest BCUT2D eigenvalue weighted by molar-refractivity contribution is 6.31. The smallest absolute Gasteiger partial charge is 0.251 e. The third-order valence-corrected chi connectivity index (χ3v) is 4.85. The number of benzene rings is 2. The van der Waals surface area contributed by atoms with Gasteiger partial charge in [-0.2, -0.15) is 0 Å². The van der Waals surface area contributed by atoms with Gasteiger partial charge in [-0.3, -0.25) is 4.79 Å². The Morgan fingerprint density at radius 2 is 2.07 bits per heavy atom. The summed E-state index contributed by atoms with van der Waals surface area (Å²) in [6.45, 7) is 3.13. The van der Waals surface area contributed by atoms with Gasteiger partial charge < -0.3 is 16.0 Å². The van der Waals surface area contributed by atoms with E-state index in [1.165, 1.54) is 18.2 Å². The molecule has 0 radical (unpaired) electrons. The number of hydrogen-bond donors (Lipinski definition) is 2. The van der Waals surface area contributed by atoms with Crippen LogP contribution in [0, 0.1) is 12.7 Å². The van der Waals surface area contributed by atoms with Crippen LogP contribution in [0.4, 0.5) is 10.1 Å². The maximum Gasteiger partial charge on any atom is 0.251 e. The van der Waals surface area contributed by atoms with Gasteiger partial charge in [-0.1, -0.05) is 23.7 Å². The first-order valence-corrected chi connectivity index (χ1v) is 9.01. The van der Waals surface area contributed by atoms with Crippen molar-refractivity contribution in [3.63, 3.8) is 0 Å². The molecular weight excluding hydrogens is 365 g/mol. The predicted octanol–water partition coefficient (Wildman–Crippen LogP) is 3.90. The number of aryl methyl sites for hydroxylation is 1. The Bertz CT molecular complexity index is 893. The number of carbonyl (C=O) groups is 1. The number of nitrogens with zero attached hydrogens (tertiary/aromatic N) is 1. The fraction of sp³-hybridized carbons (Fsp3) is 0.190. The van der Waals surface area contributed by atoms with Gasteiger partial charge in [0, 0.05) is 36.1 Å². The van der Waals surface area contributed by atoms with Crippen LogP contribution in [0.2, 0.25) is 5.02 Å². The number of carbonyl (C=O) groups excluding carboxylic acids is 1. The second-order valence-electron chi connectivity index (χ2n) is 6.48. The molecule has 1 heterocycles. The highest BCUT2D eigenvalue weighted by Gasteiger charge is 2.24. The first-order chi connectivity index (χ1) is 12.9. The Kier molecular flexibility index (Phi) is 5.94. The summed E-state index contributed by atoms with van der Waals surface area (Å²) >= 11 is 6.04. The standard InChI is InChI=1S/C21H21ClFN3O/c1-14-10-16(20(24)11-19(14)22)4-7-21(27)26-9-8-18(26)13-25-12-15-2-5-17(23)6-3-15/h2-11,18,25H,12-13,24H2,1H3/b7-4+. The molecule has 0 saturated carbocycles. The van der Waals surface area contributed by atoms with E-state index in [0.717, 1.165) is 16.7 Å². The lowest BCUT2D eigenvalue weighted by atomic mass is 10.1. The molecule has 0 spiro atoms. The molecule has 2 aromatic rings. The van der Waals surface area contributed by atoms with E-state index in [2.05, 4.69) is 5.32 Å². The first-order valence-electron chi connectivity index (χ1n) is 8.63. The summed E-state index contributed by atoms with van der Waals surface area (Å²) in [6.07, 6.45) is 6.93. The summed E-state index contributed by atoms with van der Waals surface area (Å²) in [5.74, 6) is -0.362. The van der Waals surface area contributed by atoms with E-state index in [4.69, 9.17) is 17.3 Å². The number of halogens is 2. The quantitative estimate of drug-likeness (QED) is 0.585. The molecule has 0 saturated heterocycles. The minimum Gasteiger partial charge on any atom is -0.398 e. The highest BCUT2D eigenvalue weighted by Crippen LogP contribution is 2.24. The molecule has 1 aliphatic heterocycles. The van der Waals surface area contributed by atoms with Crippen LogP contribution >= 0.6 is 11.6 Å². The number of rotatable bonds is 6. The molecule has 4 nitrogen and oxygen atoms in total. The first kappa shape index (κ1) is 19.1. The Morgan fingerprint density at radius 1 is 1.33 bits per heavy atom. The van der Waals surface area contributed by atoms with E-state index in [-0.39, 0.29) is 17.8 Å². The lowest BCUT2D eigenvalue weighted by Gasteiger charge is -2.33. The molecule has 2 aromatic carbocycles. The molecule has 140 valence electrons. The molecule has 1 amide bonds. The Hall–Kier alpha value is -2.63. The van der Waals surface area contributed by atoms with E-state index in [9.17, 15) is 9.18 Å². The third kappa shape index (κ3) is 4.76. The van der Waals surface area contributed by atoms with E-state index < -0.39 is 0 Å². The summed E-state index contributed by atoms with van der Waals surface area (Å²) in [5.41, 5.74) is 9.15. The molecule has 27 heavy (non-hydrogen) atoms. The lowest BCUT2D eigenvalue weighted by Crippen LogP contribution is -2.46. The molecule has 1 unspecified atom stereocenters. The van der Waals surface area contributed by atoms with Crippen LogP contribution in [0.3, 0.4) is 0 Å². The van der Waals surface area contributed by atoms with Crippen LogP contribution in [-0.2, 0) is 11.3 Å². The SMILES string of the molecule is Cc1cc(/C=C/C(=O)N2C=CC2CNCc2ccc(F)cc2)c(N)cc1Cl. The van der Waals surface area contributed by atoms with Gasteiger partial charge >= 0.3 is 0 Å². The van der Waals surface area contributed by atoms with E-state index in [0.29, 0.717) is 23.8 Å². The molecular formula is C21H21ClFN3O. The van der Waals surface area contributed by atoms with Crippen LogP contribution in [0.15, 0.2) is 54.8 Å². The summed E-state index contributed by atoms with van der Waals surface area (Å²) in [5, 5.41) is 3.88. The minimum atomic E-state index is -0.249. The van der Waals surface area contributed by atoms with Crippen LogP contribution in [0.25, 0.3) is 6.08 Å². The van der Waals surface area contributed by atoms with E-state index in [1.807, 2.05) is 19.1 Å². The summed E-state index contributed by atoms with van der Waals surface area (Å²) in [4.78, 5) is 14.1. The average molecular weight is 386 g/mol. The van der Waals surface area contributed by atoms with Crippen molar-refractivity contribution in [1.82, 2.24) is 10.2 Å². The van der Waals surface area contributed by atoms with Gasteiger partial charge in [-0.05, 0) is 60.0 Å². The fourth-order valence-electron chi connectivity index (χ4n) is 2.77. The number of nitrogen functional groups attached to an aromatic ring is 1. The number of amides is 1. The molecule has 0 aromatic heterocycles. The van der Waals surface area contributed by atoms with Crippen molar-refractivity contribution in [1.29, 1.82) is 0 Å². The topological polar surface area (TPSA) is 58.4 Å². The van der Waals surface area contributed by atoms with Gasteiger partial charge in [0.1, 0.15) is 5.82 Å². The van der Waals surface area contributed by atoms with Crippen molar-refractivity contribution in [3.05, 3.63) is 82.3 Å². The Labute approximate surface area is 163 Å². The molecule has 0 bridgehead atoms. The van der Waals surface area contributed by atoms with Crippen LogP contribution in [0.1, 0.15) is 16.7 Å². The third-order valence-electron chi connectivity index (χ3n) is 4.45. The largest absolute Gasteiger partial charge is 0.398 e. The molecule has 1 atom stereocenters. The van der Waals surface area contributed by atoms with Crippen LogP contribution < -0.4 is 11.1 Å². The maximum atomic E-state index is 12.9. The Balaban J connectivity index is 1.52. The van der Waals surface area contributed by atoms with Gasteiger partial charge in [-0.25, -0.2) is 4.39 Å². The molecule has 1 aliphatic rings. The highest BCUT2D eigenvalue weighted by atomic mass is 35.5. The average Bonchev–Trinajstić information content (AvgIpc) is 2.61. The van der Waals surface area contributed by atoms with Crippen LogP contribution in [0.5, 0.6) is 0 Å². The van der Waals surface area contributed by atoms with Crippen LogP contribution in [-0.4, -0.2) is 23.4 Å². The molecule has 0 aliphatic carbocycles. The fourth-order valence-corrected chi connectivity index (χ4v) is 2.95. The zero-order valence-electron chi connectivity index (χ0n) is 15.0. The Morgan fingerprint density at radius 3 is 2.74 bits per heavy atom. The molecule has 3 N–H and O–H groups in total. The molecule has 0 fully saturated rings. The van der Waals surface area contributed by atoms with Crippen molar-refractivity contribution in [2.75, 3.05) is 12.3 Å². The van der Waals surface area contributed by atoms with Crippen molar-refractivity contribution in [2.45, 2.75) is 19.5 Å². The van der Waals surface area contributed by atoms with Crippen molar-refractivity contribution >= 4 is 29.3 Å². The van der Waals surface area contributed by atoms with E-state index in [1.54, 1.807) is 35.4 Å². The number of nitrogens with two attached hydrogens (primary N) is 1. The predicted molar refractivity (Wildman–Crippen MR) is 108 cm³/mol. The van der Waals surface area contributed by atoms with Gasteiger partial charge in [0.15, 0.2) is 0 Å². The van der Waals surface area contributed by atoms with Crippen molar-refractivity contribution in [2.24, 2.45) is 0 Å². The van der Waals surface area contributed by atoms with E-state index >= 15 is 0 Å². The summed E-state index contributed by atoms with van der Waals surface area (Å²) in [6, 6.07) is 9.89. The summed E-state index contributed by atoms with van der Waals surface area (Å²) in [7, 11) is 0. The van der Waals surface area contributed by atoms with Gasteiger partial charge in [-0.15, -0.1) is 0 Å². The number of hydrogen-bond acceptors (Lipinski definition) is 3. The lowest BCUT2D eigenvalue weighted by molar-refractivity contribution is -0.125. The monoisotopic (exact) mass is 385 g/mol. The zero-order chi connectivity index (χ0) is 19.4. The van der Waals surface area contributed by atoms with Crippen molar-refractivity contribution < 1.29 is 9.18 Å². The number of anilines is 1. The normalized spacial score (nSPS) is 16.0. The second-order valence-corrected chi connectivity index (χ2v) is 6.88. The molecule has 3 rings (SSSR count). The summed E-state index contributed by atoms with van der Waals surface area (Å²) < 4.78 is 12.9. The van der Waals surface area contributed by atoms with Crippen molar-refractivity contribution in [3.8, 4) is 0 Å².